The first-order chi connectivity index (χ1) is 48.5. The fraction of sp³-hybridized carbons (Fsp3) is 0.951. The molecular formula is C81H158O17P2. The Labute approximate surface area is 613 Å². The average molecular weight is 1470 g/mol. The van der Waals surface area contributed by atoms with Crippen molar-refractivity contribution in [2.45, 2.75) is 451 Å². The number of carbonyl (C=O) groups is 4. The number of unbranched alkanes of at least 4 members (excludes halogenated alkanes) is 53. The summed E-state index contributed by atoms with van der Waals surface area (Å²) in [5.41, 5.74) is 0. The largest absolute Gasteiger partial charge is 0.472 e. The molecule has 2 unspecified atom stereocenters. The van der Waals surface area contributed by atoms with Gasteiger partial charge >= 0.3 is 39.5 Å². The number of carbonyl (C=O) groups excluding carboxylic acids is 4. The molecule has 5 atom stereocenters. The molecule has 100 heavy (non-hydrogen) atoms. The summed E-state index contributed by atoms with van der Waals surface area (Å²) in [4.78, 5) is 72.9. The van der Waals surface area contributed by atoms with Crippen LogP contribution >= 0.6 is 15.6 Å². The van der Waals surface area contributed by atoms with Crippen LogP contribution in [0.2, 0.25) is 0 Å². The van der Waals surface area contributed by atoms with Crippen molar-refractivity contribution in [1.29, 1.82) is 0 Å². The Morgan fingerprint density at radius 3 is 0.680 bits per heavy atom. The molecule has 19 heteroatoms. The molecule has 0 rings (SSSR count). The van der Waals surface area contributed by atoms with Crippen molar-refractivity contribution in [1.82, 2.24) is 0 Å². The first-order valence-corrected chi connectivity index (χ1v) is 45.1. The Hall–Kier alpha value is -1.94. The molecule has 0 amide bonds. The normalized spacial score (nSPS) is 13.8. The van der Waals surface area contributed by atoms with Gasteiger partial charge in [-0.1, -0.05) is 381 Å². The van der Waals surface area contributed by atoms with Gasteiger partial charge in [-0.25, -0.2) is 9.13 Å². The van der Waals surface area contributed by atoms with Crippen molar-refractivity contribution in [3.8, 4) is 0 Å². The van der Waals surface area contributed by atoms with Crippen LogP contribution in [0.5, 0.6) is 0 Å². The van der Waals surface area contributed by atoms with Gasteiger partial charge in [0.2, 0.25) is 0 Å². The summed E-state index contributed by atoms with van der Waals surface area (Å²) in [6.45, 7) is 7.24. The lowest BCUT2D eigenvalue weighted by molar-refractivity contribution is -0.161. The van der Waals surface area contributed by atoms with Crippen LogP contribution in [0.3, 0.4) is 0 Å². The van der Waals surface area contributed by atoms with E-state index < -0.39 is 97.5 Å². The molecular weight excluding hydrogens is 1310 g/mol. The number of hydrogen-bond donors (Lipinski definition) is 3. The van der Waals surface area contributed by atoms with E-state index in [9.17, 15) is 43.2 Å². The van der Waals surface area contributed by atoms with Crippen molar-refractivity contribution in [2.24, 2.45) is 5.92 Å². The summed E-state index contributed by atoms with van der Waals surface area (Å²) < 4.78 is 68.6. The monoisotopic (exact) mass is 1470 g/mol. The molecule has 0 aliphatic carbocycles. The van der Waals surface area contributed by atoms with Crippen LogP contribution in [0.4, 0.5) is 0 Å². The Kier molecular flexibility index (Phi) is 72.5. The van der Waals surface area contributed by atoms with Gasteiger partial charge in [0.15, 0.2) is 12.2 Å². The first kappa shape index (κ1) is 98.1. The first-order valence-electron chi connectivity index (χ1n) is 42.1. The summed E-state index contributed by atoms with van der Waals surface area (Å²) in [7, 11) is -9.91. The van der Waals surface area contributed by atoms with Crippen molar-refractivity contribution in [3.05, 3.63) is 0 Å². The fourth-order valence-corrected chi connectivity index (χ4v) is 14.2. The maximum atomic E-state index is 13.1. The van der Waals surface area contributed by atoms with E-state index in [4.69, 9.17) is 37.0 Å². The zero-order chi connectivity index (χ0) is 73.4. The number of rotatable bonds is 81. The lowest BCUT2D eigenvalue weighted by Gasteiger charge is -2.21. The predicted octanol–water partition coefficient (Wildman–Crippen LogP) is 24.4. The summed E-state index contributed by atoms with van der Waals surface area (Å²) in [6.07, 6.45) is 65.6. The minimum atomic E-state index is -4.96. The highest BCUT2D eigenvalue weighted by atomic mass is 31.2. The van der Waals surface area contributed by atoms with Gasteiger partial charge in [-0.2, -0.15) is 0 Å². The molecule has 0 aromatic carbocycles. The molecule has 594 valence electrons. The highest BCUT2D eigenvalue weighted by Crippen LogP contribution is 2.45. The van der Waals surface area contributed by atoms with Crippen LogP contribution in [-0.2, 0) is 65.4 Å². The molecule has 0 aromatic rings. The maximum absolute atomic E-state index is 13.1. The van der Waals surface area contributed by atoms with E-state index in [0.29, 0.717) is 31.6 Å². The molecule has 0 radical (unpaired) electrons. The highest BCUT2D eigenvalue weighted by Gasteiger charge is 2.30. The lowest BCUT2D eigenvalue weighted by Crippen LogP contribution is -2.30. The van der Waals surface area contributed by atoms with Gasteiger partial charge in [0.1, 0.15) is 19.3 Å². The van der Waals surface area contributed by atoms with E-state index in [0.717, 1.165) is 89.9 Å². The molecule has 0 saturated carbocycles. The van der Waals surface area contributed by atoms with Gasteiger partial charge in [-0.05, 0) is 31.6 Å². The van der Waals surface area contributed by atoms with Crippen molar-refractivity contribution >= 4 is 39.5 Å². The number of aliphatic hydroxyl groups excluding tert-OH is 1. The van der Waals surface area contributed by atoms with Crippen molar-refractivity contribution in [2.75, 3.05) is 39.6 Å². The van der Waals surface area contributed by atoms with Crippen LogP contribution in [0.1, 0.15) is 433 Å². The minimum Gasteiger partial charge on any atom is -0.462 e. The van der Waals surface area contributed by atoms with Gasteiger partial charge in [0.25, 0.3) is 0 Å². The molecule has 0 saturated heterocycles. The predicted molar refractivity (Wildman–Crippen MR) is 409 cm³/mol. The topological polar surface area (TPSA) is 237 Å². The minimum absolute atomic E-state index is 0.104. The Morgan fingerprint density at radius 2 is 0.460 bits per heavy atom. The second kappa shape index (κ2) is 73.9. The number of esters is 4. The number of phosphoric acid groups is 2. The van der Waals surface area contributed by atoms with Crippen LogP contribution in [-0.4, -0.2) is 96.7 Å². The molecule has 0 heterocycles. The number of hydrogen-bond acceptors (Lipinski definition) is 15. The standard InChI is InChI=1S/C81H158O17P2/c1-6-9-12-15-18-21-23-25-27-29-31-33-35-37-39-41-43-46-51-56-61-66-80(85)97-76(70-92-79(84)65-60-55-50-45-42-40-38-36-34-32-30-28-26-24-22-19-16-13-10-7-2)72-95-99(87,88)93-68-75(82)69-94-100(89,90)96-73-77(71-91-78(83)64-59-54-49-44-20-17-14-11-8-3)98-81(86)67-62-57-52-47-48-53-58-63-74(4)5/h74-77,82H,6-73H2,1-5H3,(H,87,88)(H,89,90)/t75-,76-,77-/m1/s1. The van der Waals surface area contributed by atoms with E-state index in [1.54, 1.807) is 0 Å². The van der Waals surface area contributed by atoms with E-state index in [1.807, 2.05) is 0 Å². The van der Waals surface area contributed by atoms with Crippen molar-refractivity contribution < 1.29 is 80.2 Å². The van der Waals surface area contributed by atoms with Crippen LogP contribution in [0.25, 0.3) is 0 Å². The van der Waals surface area contributed by atoms with Gasteiger partial charge in [-0.3, -0.25) is 37.3 Å². The van der Waals surface area contributed by atoms with Gasteiger partial charge in [-0.15, -0.1) is 0 Å². The van der Waals surface area contributed by atoms with Crippen LogP contribution in [0.15, 0.2) is 0 Å². The highest BCUT2D eigenvalue weighted by molar-refractivity contribution is 7.47. The summed E-state index contributed by atoms with van der Waals surface area (Å²) in [5, 5.41) is 10.6. The summed E-state index contributed by atoms with van der Waals surface area (Å²) in [6, 6.07) is 0. The van der Waals surface area contributed by atoms with Gasteiger partial charge in [0, 0.05) is 25.7 Å². The Morgan fingerprint density at radius 1 is 0.270 bits per heavy atom. The zero-order valence-corrected chi connectivity index (χ0v) is 67.1. The SMILES string of the molecule is CCCCCCCCCCCCCCCCCCCCCCCC(=O)O[C@H](COC(=O)CCCCCCCCCCCCCCCCCCCCCC)COP(=O)(O)OC[C@@H](O)COP(=O)(O)OC[C@@H](COC(=O)CCCCCCCCCCC)OC(=O)CCCCCCCCCC(C)C. The molecule has 0 aliphatic heterocycles. The van der Waals surface area contributed by atoms with E-state index in [2.05, 4.69) is 34.6 Å². The second-order valence-electron chi connectivity index (χ2n) is 29.6. The van der Waals surface area contributed by atoms with Gasteiger partial charge in [0.05, 0.1) is 26.4 Å². The zero-order valence-electron chi connectivity index (χ0n) is 65.3. The van der Waals surface area contributed by atoms with E-state index in [1.165, 1.54) is 257 Å². The smallest absolute Gasteiger partial charge is 0.462 e. The molecule has 17 nitrogen and oxygen atoms in total. The summed E-state index contributed by atoms with van der Waals surface area (Å²) >= 11 is 0. The van der Waals surface area contributed by atoms with E-state index >= 15 is 0 Å². The van der Waals surface area contributed by atoms with Crippen LogP contribution in [0, 0.1) is 5.92 Å². The third-order valence-electron chi connectivity index (χ3n) is 19.0. The average Bonchev–Trinajstić information content (AvgIpc) is 0.913. The number of aliphatic hydroxyl groups is 1. The van der Waals surface area contributed by atoms with Crippen molar-refractivity contribution in [3.63, 3.8) is 0 Å². The van der Waals surface area contributed by atoms with Crippen LogP contribution < -0.4 is 0 Å². The molecule has 3 N–H and O–H groups in total. The molecule has 0 aromatic heterocycles. The molecule has 0 bridgehead atoms. The Balaban J connectivity index is 5.16. The number of phosphoric ester groups is 2. The lowest BCUT2D eigenvalue weighted by atomic mass is 10.0. The second-order valence-corrected chi connectivity index (χ2v) is 32.5. The maximum Gasteiger partial charge on any atom is 0.472 e. The fourth-order valence-electron chi connectivity index (χ4n) is 12.6. The Bertz CT molecular complexity index is 1910. The summed E-state index contributed by atoms with van der Waals surface area (Å²) in [5.74, 6) is -1.42. The quantitative estimate of drug-likeness (QED) is 0.0222. The third kappa shape index (κ3) is 74.3. The molecule has 0 fully saturated rings. The van der Waals surface area contributed by atoms with E-state index in [-0.39, 0.29) is 25.7 Å². The molecule has 0 aliphatic rings. The van der Waals surface area contributed by atoms with Gasteiger partial charge < -0.3 is 33.8 Å². The third-order valence-corrected chi connectivity index (χ3v) is 20.9. The number of ether oxygens (including phenoxy) is 4. The molecule has 0 spiro atoms.